The zero-order valence-corrected chi connectivity index (χ0v) is 14.4. The van der Waals surface area contributed by atoms with Crippen molar-refractivity contribution in [3.05, 3.63) is 81.4 Å². The lowest BCUT2D eigenvalue weighted by atomic mass is 10.1. The van der Waals surface area contributed by atoms with Crippen molar-refractivity contribution >= 4 is 17.2 Å². The van der Waals surface area contributed by atoms with Crippen LogP contribution < -0.4 is 5.73 Å². The Bertz CT molecular complexity index is 808. The van der Waals surface area contributed by atoms with Crippen LogP contribution in [-0.4, -0.2) is 10.8 Å². The number of carbonyl (C=O) groups excluding carboxylic acids is 1. The second-order valence-corrected chi connectivity index (χ2v) is 7.17. The summed E-state index contributed by atoms with van der Waals surface area (Å²) in [6, 6.07) is 15.7. The van der Waals surface area contributed by atoms with Gasteiger partial charge in [0.25, 0.3) is 0 Å². The Balaban J connectivity index is 1.78. The molecule has 2 N–H and O–H groups in total. The molecule has 0 radical (unpaired) electrons. The van der Waals surface area contributed by atoms with E-state index >= 15 is 0 Å². The molecule has 3 rings (SSSR count). The summed E-state index contributed by atoms with van der Waals surface area (Å²) in [6.45, 7) is 4.38. The Kier molecular flexibility index (Phi) is 5.13. The Labute approximate surface area is 145 Å². The van der Waals surface area contributed by atoms with E-state index in [-0.39, 0.29) is 0 Å². The highest BCUT2D eigenvalue weighted by molar-refractivity contribution is 7.11. The number of carbonyl (C=O) groups is 1. The van der Waals surface area contributed by atoms with Gasteiger partial charge < -0.3 is 10.2 Å². The lowest BCUT2D eigenvalue weighted by molar-refractivity contribution is 0.1000. The Morgan fingerprint density at radius 3 is 2.67 bits per heavy atom. The summed E-state index contributed by atoms with van der Waals surface area (Å²) in [5.41, 5.74) is 6.98. The maximum absolute atomic E-state index is 11.4. The number of rotatable bonds is 7. The van der Waals surface area contributed by atoms with Gasteiger partial charge in [0, 0.05) is 28.4 Å². The third kappa shape index (κ3) is 4.34. The van der Waals surface area contributed by atoms with Crippen molar-refractivity contribution in [3.8, 4) is 0 Å². The second-order valence-electron chi connectivity index (χ2n) is 5.80. The van der Waals surface area contributed by atoms with Gasteiger partial charge in [0.1, 0.15) is 5.76 Å². The molecule has 1 aromatic carbocycles. The molecule has 0 unspecified atom stereocenters. The largest absolute Gasteiger partial charge is 0.468 e. The average Bonchev–Trinajstić information content (AvgIpc) is 3.19. The number of aryl methyl sites for hydroxylation is 1. The normalized spacial score (nSPS) is 11.1. The smallest absolute Gasteiger partial charge is 0.248 e. The fourth-order valence-corrected chi connectivity index (χ4v) is 3.60. The topological polar surface area (TPSA) is 59.5 Å². The molecule has 0 spiro atoms. The van der Waals surface area contributed by atoms with Crippen LogP contribution in [0.15, 0.2) is 59.2 Å². The zero-order chi connectivity index (χ0) is 16.9. The molecule has 5 heteroatoms. The third-order valence-corrected chi connectivity index (χ3v) is 4.74. The first-order valence-corrected chi connectivity index (χ1v) is 8.60. The van der Waals surface area contributed by atoms with Crippen LogP contribution in [0.1, 0.15) is 31.4 Å². The van der Waals surface area contributed by atoms with Crippen molar-refractivity contribution in [2.45, 2.75) is 26.6 Å². The summed E-state index contributed by atoms with van der Waals surface area (Å²) in [7, 11) is 0. The molecule has 24 heavy (non-hydrogen) atoms. The van der Waals surface area contributed by atoms with E-state index in [1.807, 2.05) is 30.3 Å². The summed E-state index contributed by atoms with van der Waals surface area (Å²) >= 11 is 1.80. The fourth-order valence-electron chi connectivity index (χ4n) is 2.66. The minimum Gasteiger partial charge on any atom is -0.468 e. The van der Waals surface area contributed by atoms with Gasteiger partial charge in [0.15, 0.2) is 0 Å². The molecule has 2 heterocycles. The number of nitrogens with two attached hydrogens (primary N) is 1. The lowest BCUT2D eigenvalue weighted by Crippen LogP contribution is -2.22. The molecule has 0 fully saturated rings. The number of amides is 1. The average molecular weight is 340 g/mol. The van der Waals surface area contributed by atoms with E-state index in [1.165, 1.54) is 9.75 Å². The van der Waals surface area contributed by atoms with Crippen molar-refractivity contribution in [3.63, 3.8) is 0 Å². The summed E-state index contributed by atoms with van der Waals surface area (Å²) in [5, 5.41) is 0. The van der Waals surface area contributed by atoms with Crippen LogP contribution in [0.4, 0.5) is 0 Å². The molecular formula is C19H20N2O2S. The molecule has 0 saturated heterocycles. The van der Waals surface area contributed by atoms with Gasteiger partial charge in [0.05, 0.1) is 12.8 Å². The minimum absolute atomic E-state index is 0.400. The number of furan rings is 1. The lowest BCUT2D eigenvalue weighted by Gasteiger charge is -2.21. The predicted molar refractivity (Wildman–Crippen MR) is 95.7 cm³/mol. The van der Waals surface area contributed by atoms with E-state index < -0.39 is 5.91 Å². The standard InChI is InChI=1S/C19H20N2O2S/c1-14-7-8-18(24-14)13-21(12-17-6-3-9-23-17)11-15-4-2-5-16(10-15)19(20)22/h2-10H,11-13H2,1H3,(H2,20,22). The monoisotopic (exact) mass is 340 g/mol. The third-order valence-electron chi connectivity index (χ3n) is 3.75. The summed E-state index contributed by atoms with van der Waals surface area (Å²) < 4.78 is 5.49. The number of nitrogens with zero attached hydrogens (tertiary/aromatic N) is 1. The van der Waals surface area contributed by atoms with Gasteiger partial charge in [-0.25, -0.2) is 0 Å². The highest BCUT2D eigenvalue weighted by Gasteiger charge is 2.12. The quantitative estimate of drug-likeness (QED) is 0.708. The summed E-state index contributed by atoms with van der Waals surface area (Å²) in [6.07, 6.45) is 1.69. The number of primary amides is 1. The Morgan fingerprint density at radius 1 is 1.12 bits per heavy atom. The van der Waals surface area contributed by atoms with Crippen LogP contribution in [0.3, 0.4) is 0 Å². The van der Waals surface area contributed by atoms with Crippen LogP contribution in [0.2, 0.25) is 0 Å². The van der Waals surface area contributed by atoms with Crippen LogP contribution in [0.25, 0.3) is 0 Å². The van der Waals surface area contributed by atoms with Crippen LogP contribution in [0.5, 0.6) is 0 Å². The molecule has 0 saturated carbocycles. The highest BCUT2D eigenvalue weighted by Crippen LogP contribution is 2.20. The van der Waals surface area contributed by atoms with E-state index in [2.05, 4.69) is 24.0 Å². The number of hydrogen-bond acceptors (Lipinski definition) is 4. The predicted octanol–water partition coefficient (Wildman–Crippen LogP) is 3.95. The maximum Gasteiger partial charge on any atom is 0.248 e. The summed E-state index contributed by atoms with van der Waals surface area (Å²) in [5.74, 6) is 0.526. The fraction of sp³-hybridized carbons (Fsp3) is 0.211. The van der Waals surface area contributed by atoms with Crippen molar-refractivity contribution in [2.75, 3.05) is 0 Å². The molecule has 0 aliphatic rings. The van der Waals surface area contributed by atoms with E-state index in [0.717, 1.165) is 24.4 Å². The molecule has 1 amide bonds. The molecule has 124 valence electrons. The van der Waals surface area contributed by atoms with E-state index in [4.69, 9.17) is 10.2 Å². The molecule has 2 aromatic heterocycles. The van der Waals surface area contributed by atoms with Crippen molar-refractivity contribution in [1.29, 1.82) is 0 Å². The van der Waals surface area contributed by atoms with E-state index in [9.17, 15) is 4.79 Å². The number of hydrogen-bond donors (Lipinski definition) is 1. The zero-order valence-electron chi connectivity index (χ0n) is 13.6. The van der Waals surface area contributed by atoms with Crippen LogP contribution >= 0.6 is 11.3 Å². The minimum atomic E-state index is -0.400. The first-order chi connectivity index (χ1) is 11.6. The molecule has 0 aliphatic carbocycles. The SMILES string of the molecule is Cc1ccc(CN(Cc2cccc(C(N)=O)c2)Cc2ccco2)s1. The molecule has 0 aliphatic heterocycles. The van der Waals surface area contributed by atoms with E-state index in [1.54, 1.807) is 23.7 Å². The molecule has 0 atom stereocenters. The van der Waals surface area contributed by atoms with Gasteiger partial charge in [-0.15, -0.1) is 11.3 Å². The molecular weight excluding hydrogens is 320 g/mol. The molecule has 4 nitrogen and oxygen atoms in total. The van der Waals surface area contributed by atoms with Gasteiger partial charge in [-0.1, -0.05) is 12.1 Å². The molecule has 3 aromatic rings. The van der Waals surface area contributed by atoms with Gasteiger partial charge in [-0.3, -0.25) is 9.69 Å². The number of thiophene rings is 1. The Hall–Kier alpha value is -2.37. The Morgan fingerprint density at radius 2 is 2.00 bits per heavy atom. The second kappa shape index (κ2) is 7.47. The number of benzene rings is 1. The van der Waals surface area contributed by atoms with E-state index in [0.29, 0.717) is 12.1 Å². The first kappa shape index (κ1) is 16.5. The van der Waals surface area contributed by atoms with Crippen molar-refractivity contribution < 1.29 is 9.21 Å². The van der Waals surface area contributed by atoms with Gasteiger partial charge in [-0.05, 0) is 48.9 Å². The molecule has 0 bridgehead atoms. The van der Waals surface area contributed by atoms with Gasteiger partial charge >= 0.3 is 0 Å². The summed E-state index contributed by atoms with van der Waals surface area (Å²) in [4.78, 5) is 16.3. The highest BCUT2D eigenvalue weighted by atomic mass is 32.1. The van der Waals surface area contributed by atoms with Gasteiger partial charge in [0.2, 0.25) is 5.91 Å². The van der Waals surface area contributed by atoms with Crippen molar-refractivity contribution in [2.24, 2.45) is 5.73 Å². The van der Waals surface area contributed by atoms with Crippen LogP contribution in [-0.2, 0) is 19.6 Å². The first-order valence-electron chi connectivity index (χ1n) is 7.79. The van der Waals surface area contributed by atoms with Gasteiger partial charge in [-0.2, -0.15) is 0 Å². The van der Waals surface area contributed by atoms with Crippen LogP contribution in [0, 0.1) is 6.92 Å². The maximum atomic E-state index is 11.4. The van der Waals surface area contributed by atoms with Crippen molar-refractivity contribution in [1.82, 2.24) is 4.90 Å².